The number of hydrogen-bond donors (Lipinski definition) is 0. The summed E-state index contributed by atoms with van der Waals surface area (Å²) >= 11 is 0. The van der Waals surface area contributed by atoms with Gasteiger partial charge in [0.1, 0.15) is 29.3 Å². The Hall–Kier alpha value is -3.79. The molecule has 4 heterocycles. The third-order valence-corrected chi connectivity index (χ3v) is 7.44. The highest BCUT2D eigenvalue weighted by atomic mass is 16.5. The number of nitrogens with zero attached hydrogens (tertiary/aromatic N) is 1. The Bertz CT molecular complexity index is 1860. The smallest absolute Gasteiger partial charge is 0.228 e. The number of pyridine rings is 1. The van der Waals surface area contributed by atoms with Gasteiger partial charge in [-0.1, -0.05) is 39.0 Å². The number of hydrogen-bond acceptors (Lipinski definition) is 3. The van der Waals surface area contributed by atoms with E-state index in [1.54, 1.807) is 6.26 Å². The highest BCUT2D eigenvalue weighted by Gasteiger charge is 2.35. The quantitative estimate of drug-likeness (QED) is 0.230. The summed E-state index contributed by atoms with van der Waals surface area (Å²) in [5.41, 5.74) is 8.49. The summed E-state index contributed by atoms with van der Waals surface area (Å²) in [6.07, 6.45) is 4.84. The van der Waals surface area contributed by atoms with Gasteiger partial charge in [-0.15, -0.1) is 0 Å². The molecule has 0 spiro atoms. The maximum atomic E-state index is 6.83. The Morgan fingerprint density at radius 3 is 2.49 bits per heavy atom. The molecule has 1 aliphatic rings. The normalized spacial score (nSPS) is 13.2. The van der Waals surface area contributed by atoms with E-state index in [0.29, 0.717) is 0 Å². The number of rotatable bonds is 1. The van der Waals surface area contributed by atoms with Crippen molar-refractivity contribution in [2.75, 3.05) is 0 Å². The highest BCUT2D eigenvalue weighted by molar-refractivity contribution is 6.18. The maximum absolute atomic E-state index is 6.83. The summed E-state index contributed by atoms with van der Waals surface area (Å²) in [6.45, 7) is 11.0. The van der Waals surface area contributed by atoms with Crippen LogP contribution in [0.25, 0.3) is 54.9 Å². The topological polar surface area (TPSA) is 39.4 Å². The minimum atomic E-state index is 0.160. The second-order valence-corrected chi connectivity index (χ2v) is 11.2. The van der Waals surface area contributed by atoms with Crippen molar-refractivity contribution in [2.24, 2.45) is 12.5 Å². The summed E-state index contributed by atoms with van der Waals surface area (Å²) in [5, 5.41) is 5.55. The Labute approximate surface area is 203 Å². The lowest BCUT2D eigenvalue weighted by Crippen LogP contribution is -2.32. The monoisotopic (exact) mass is 462 g/mol. The molecule has 3 aromatic heterocycles. The molecule has 0 atom stereocenters. The van der Waals surface area contributed by atoms with Gasteiger partial charge in [-0.2, -0.15) is 0 Å². The first-order valence-corrected chi connectivity index (χ1v) is 12.2. The SMILES string of the molecule is Cc1c2c(c(C)c3occc13)-c1c3c(c4oc5c(CC(C)(C)C)cccc5c4cc3cc[n+]1C)O2. The molecule has 3 aromatic carbocycles. The van der Waals surface area contributed by atoms with Gasteiger partial charge in [-0.25, -0.2) is 4.57 Å². The molecule has 0 saturated heterocycles. The second kappa shape index (κ2) is 6.66. The van der Waals surface area contributed by atoms with E-state index in [2.05, 4.69) is 82.8 Å². The fourth-order valence-corrected chi connectivity index (χ4v) is 5.91. The lowest BCUT2D eigenvalue weighted by Gasteiger charge is -2.22. The maximum Gasteiger partial charge on any atom is 0.228 e. The van der Waals surface area contributed by atoms with Crippen molar-refractivity contribution in [2.45, 2.75) is 41.0 Å². The van der Waals surface area contributed by atoms with E-state index in [9.17, 15) is 0 Å². The Morgan fingerprint density at radius 1 is 0.857 bits per heavy atom. The van der Waals surface area contributed by atoms with Crippen LogP contribution >= 0.6 is 0 Å². The highest BCUT2D eigenvalue weighted by Crippen LogP contribution is 2.53. The van der Waals surface area contributed by atoms with Crippen LogP contribution in [0.5, 0.6) is 11.5 Å². The molecular formula is C31H28NO3+. The molecule has 0 aliphatic carbocycles. The first-order chi connectivity index (χ1) is 16.7. The summed E-state index contributed by atoms with van der Waals surface area (Å²) < 4.78 is 21.6. The van der Waals surface area contributed by atoms with Gasteiger partial charge in [0.25, 0.3) is 0 Å². The molecule has 4 heteroatoms. The van der Waals surface area contributed by atoms with Gasteiger partial charge >= 0.3 is 0 Å². The molecule has 0 amide bonds. The lowest BCUT2D eigenvalue weighted by atomic mass is 9.87. The first kappa shape index (κ1) is 20.6. The van der Waals surface area contributed by atoms with Gasteiger partial charge in [0.2, 0.25) is 5.69 Å². The van der Waals surface area contributed by atoms with E-state index >= 15 is 0 Å². The fraction of sp³-hybridized carbons (Fsp3) is 0.258. The van der Waals surface area contributed by atoms with Gasteiger partial charge in [-0.3, -0.25) is 0 Å². The molecule has 0 unspecified atom stereocenters. The second-order valence-electron chi connectivity index (χ2n) is 11.2. The summed E-state index contributed by atoms with van der Waals surface area (Å²) in [6, 6.07) is 12.9. The van der Waals surface area contributed by atoms with Crippen molar-refractivity contribution in [3.05, 3.63) is 65.5 Å². The van der Waals surface area contributed by atoms with Crippen molar-refractivity contribution < 1.29 is 18.1 Å². The third kappa shape index (κ3) is 2.71. The zero-order valence-corrected chi connectivity index (χ0v) is 21.0. The van der Waals surface area contributed by atoms with E-state index in [-0.39, 0.29) is 5.41 Å². The molecule has 6 aromatic rings. The molecule has 0 saturated carbocycles. The van der Waals surface area contributed by atoms with Crippen LogP contribution in [0.4, 0.5) is 0 Å². The van der Waals surface area contributed by atoms with E-state index in [4.69, 9.17) is 13.6 Å². The molecular weight excluding hydrogens is 434 g/mol. The Morgan fingerprint density at radius 2 is 1.69 bits per heavy atom. The van der Waals surface area contributed by atoms with Crippen molar-refractivity contribution in [1.82, 2.24) is 0 Å². The number of para-hydroxylation sites is 1. The van der Waals surface area contributed by atoms with Crippen molar-refractivity contribution in [3.8, 4) is 22.8 Å². The van der Waals surface area contributed by atoms with Crippen LogP contribution < -0.4 is 9.30 Å². The van der Waals surface area contributed by atoms with E-state index in [1.165, 1.54) is 5.56 Å². The largest absolute Gasteiger partial charge is 0.464 e. The molecule has 0 fully saturated rings. The average Bonchev–Trinajstić information content (AvgIpc) is 3.44. The molecule has 7 rings (SSSR count). The van der Waals surface area contributed by atoms with Gasteiger partial charge < -0.3 is 13.6 Å². The molecule has 1 aliphatic heterocycles. The van der Waals surface area contributed by atoms with Crippen LogP contribution in [0.3, 0.4) is 0 Å². The van der Waals surface area contributed by atoms with Crippen LogP contribution in [0.15, 0.2) is 57.7 Å². The molecule has 0 bridgehead atoms. The van der Waals surface area contributed by atoms with Crippen LogP contribution in [0, 0.1) is 19.3 Å². The van der Waals surface area contributed by atoms with Crippen molar-refractivity contribution >= 4 is 43.7 Å². The zero-order chi connectivity index (χ0) is 24.2. The van der Waals surface area contributed by atoms with Crippen LogP contribution in [-0.4, -0.2) is 0 Å². The van der Waals surface area contributed by atoms with Crippen LogP contribution in [-0.2, 0) is 13.5 Å². The van der Waals surface area contributed by atoms with Crippen molar-refractivity contribution in [1.29, 1.82) is 0 Å². The summed E-state index contributed by atoms with van der Waals surface area (Å²) in [7, 11) is 2.10. The number of furan rings is 2. The predicted octanol–water partition coefficient (Wildman–Crippen LogP) is 8.29. The third-order valence-electron chi connectivity index (χ3n) is 7.44. The van der Waals surface area contributed by atoms with E-state index in [0.717, 1.165) is 84.0 Å². The van der Waals surface area contributed by atoms with Gasteiger partial charge in [0.15, 0.2) is 17.5 Å². The van der Waals surface area contributed by atoms with Gasteiger partial charge in [0.05, 0.1) is 11.8 Å². The number of fused-ring (bicyclic) bond motifs is 7. The summed E-state index contributed by atoms with van der Waals surface area (Å²) in [5.74, 6) is 1.69. The standard InChI is InChI=1S/C31H28NO3/c1-16-20-11-13-33-26(20)17(2)23-25-24-18(10-12-32(25)6)14-22-21-9-7-8-19(15-31(3,4)5)28(21)35-29(22)30(24)34-27(16)23/h7-14H,15H2,1-6H3/q+1. The summed E-state index contributed by atoms with van der Waals surface area (Å²) in [4.78, 5) is 0. The Balaban J connectivity index is 1.64. The van der Waals surface area contributed by atoms with Crippen LogP contribution in [0.1, 0.15) is 37.5 Å². The minimum Gasteiger partial charge on any atom is -0.464 e. The van der Waals surface area contributed by atoms with E-state index in [1.807, 2.05) is 6.07 Å². The predicted molar refractivity (Wildman–Crippen MR) is 140 cm³/mol. The first-order valence-electron chi connectivity index (χ1n) is 12.2. The molecule has 35 heavy (non-hydrogen) atoms. The number of ether oxygens (including phenoxy) is 1. The number of aromatic nitrogens is 1. The average molecular weight is 463 g/mol. The van der Waals surface area contributed by atoms with Gasteiger partial charge in [0, 0.05) is 33.4 Å². The van der Waals surface area contributed by atoms with E-state index < -0.39 is 0 Å². The van der Waals surface area contributed by atoms with Gasteiger partial charge in [-0.05, 0) is 48.8 Å². The number of aryl methyl sites for hydroxylation is 3. The zero-order valence-electron chi connectivity index (χ0n) is 21.0. The molecule has 0 radical (unpaired) electrons. The fourth-order valence-electron chi connectivity index (χ4n) is 5.91. The number of benzene rings is 3. The van der Waals surface area contributed by atoms with Crippen molar-refractivity contribution in [3.63, 3.8) is 0 Å². The lowest BCUT2D eigenvalue weighted by molar-refractivity contribution is -0.659. The molecule has 174 valence electrons. The molecule has 4 nitrogen and oxygen atoms in total. The minimum absolute atomic E-state index is 0.160. The Kier molecular flexibility index (Phi) is 3.91. The molecule has 0 N–H and O–H groups in total. The van der Waals surface area contributed by atoms with Crippen LogP contribution in [0.2, 0.25) is 0 Å².